The van der Waals surface area contributed by atoms with Crippen LogP contribution < -0.4 is 5.32 Å². The lowest BCUT2D eigenvalue weighted by atomic mass is 10.1. The number of hydrogen-bond donors (Lipinski definition) is 1. The molecule has 1 fully saturated rings. The molecule has 18 heavy (non-hydrogen) atoms. The molecule has 1 aromatic rings. The topological polar surface area (TPSA) is 34.2 Å². The first-order valence-electron chi connectivity index (χ1n) is 6.35. The van der Waals surface area contributed by atoms with Crippen molar-refractivity contribution in [1.29, 1.82) is 0 Å². The molecule has 1 aliphatic rings. The van der Waals surface area contributed by atoms with Crippen molar-refractivity contribution in [2.24, 2.45) is 0 Å². The Morgan fingerprint density at radius 2 is 2.50 bits per heavy atom. The van der Waals surface area contributed by atoms with E-state index in [0.29, 0.717) is 17.2 Å². The highest BCUT2D eigenvalue weighted by Gasteiger charge is 2.21. The zero-order valence-corrected chi connectivity index (χ0v) is 12.1. The third-order valence-electron chi connectivity index (χ3n) is 3.04. The van der Waals surface area contributed by atoms with Gasteiger partial charge in [0.2, 0.25) is 0 Å². The molecule has 2 atom stereocenters. The van der Waals surface area contributed by atoms with Crippen LogP contribution >= 0.6 is 23.4 Å². The maximum atomic E-state index is 5.79. The molecule has 0 aromatic carbocycles. The molecule has 100 valence electrons. The third-order valence-corrected chi connectivity index (χ3v) is 4.21. The number of thioether (sulfide) groups is 1. The highest BCUT2D eigenvalue weighted by atomic mass is 35.5. The van der Waals surface area contributed by atoms with E-state index in [1.807, 2.05) is 12.1 Å². The van der Waals surface area contributed by atoms with Crippen molar-refractivity contribution in [3.05, 3.63) is 23.4 Å². The zero-order chi connectivity index (χ0) is 12.8. The number of aromatic nitrogens is 1. The van der Waals surface area contributed by atoms with Gasteiger partial charge in [0.25, 0.3) is 0 Å². The van der Waals surface area contributed by atoms with E-state index in [-0.39, 0.29) is 0 Å². The van der Waals surface area contributed by atoms with Crippen molar-refractivity contribution in [2.75, 3.05) is 18.9 Å². The lowest BCUT2D eigenvalue weighted by Crippen LogP contribution is -2.38. The van der Waals surface area contributed by atoms with Gasteiger partial charge >= 0.3 is 0 Å². The Balaban J connectivity index is 1.62. The Morgan fingerprint density at radius 3 is 3.17 bits per heavy atom. The number of halogens is 1. The van der Waals surface area contributed by atoms with E-state index in [1.165, 1.54) is 12.8 Å². The first-order valence-corrected chi connectivity index (χ1v) is 7.71. The Morgan fingerprint density at radius 1 is 1.61 bits per heavy atom. The molecule has 3 nitrogen and oxygen atoms in total. The first kappa shape index (κ1) is 14.1. The zero-order valence-electron chi connectivity index (χ0n) is 10.6. The lowest BCUT2D eigenvalue weighted by Gasteiger charge is -2.19. The van der Waals surface area contributed by atoms with Crippen molar-refractivity contribution >= 4 is 23.4 Å². The van der Waals surface area contributed by atoms with Gasteiger partial charge in [-0.2, -0.15) is 0 Å². The van der Waals surface area contributed by atoms with Crippen LogP contribution in [-0.4, -0.2) is 36.0 Å². The van der Waals surface area contributed by atoms with Gasteiger partial charge in [-0.25, -0.2) is 4.98 Å². The predicted molar refractivity (Wildman–Crippen MR) is 76.4 cm³/mol. The van der Waals surface area contributed by atoms with Gasteiger partial charge < -0.3 is 10.1 Å². The number of hydrogen-bond acceptors (Lipinski definition) is 4. The molecule has 0 aliphatic carbocycles. The Hall–Kier alpha value is -0.290. The number of nitrogens with one attached hydrogen (secondary N) is 1. The molecule has 1 aliphatic heterocycles. The molecule has 0 saturated carbocycles. The molecule has 2 unspecified atom stereocenters. The normalized spacial score (nSPS) is 21.1. The van der Waals surface area contributed by atoms with Crippen LogP contribution in [0.3, 0.4) is 0 Å². The van der Waals surface area contributed by atoms with Gasteiger partial charge in [0.05, 0.1) is 16.2 Å². The van der Waals surface area contributed by atoms with Crippen LogP contribution in [0.4, 0.5) is 0 Å². The van der Waals surface area contributed by atoms with Gasteiger partial charge in [-0.05, 0) is 31.9 Å². The standard InChI is InChI=1S/C13H19ClN2OS/c1-10(12-3-2-7-17-12)15-6-8-18-13-5-4-11(14)9-16-13/h4-5,9-10,12,15H,2-3,6-8H2,1H3. The third kappa shape index (κ3) is 4.43. The fourth-order valence-electron chi connectivity index (χ4n) is 2.02. The molecule has 2 heterocycles. The van der Waals surface area contributed by atoms with E-state index in [0.717, 1.165) is 23.9 Å². The van der Waals surface area contributed by atoms with Crippen LogP contribution in [-0.2, 0) is 4.74 Å². The molecule has 1 aromatic heterocycles. The molecule has 0 amide bonds. The minimum absolute atomic E-state index is 0.392. The Bertz CT molecular complexity index is 355. The minimum Gasteiger partial charge on any atom is -0.377 e. The predicted octanol–water partition coefficient (Wildman–Crippen LogP) is 2.98. The van der Waals surface area contributed by atoms with Crippen molar-refractivity contribution in [2.45, 2.75) is 36.9 Å². The number of rotatable bonds is 6. The summed E-state index contributed by atoms with van der Waals surface area (Å²) in [5.74, 6) is 1.01. The average Bonchev–Trinajstić information content (AvgIpc) is 2.90. The minimum atomic E-state index is 0.392. The Kier molecular flexibility index (Phi) is 5.76. The summed E-state index contributed by atoms with van der Waals surface area (Å²) in [5.41, 5.74) is 0. The number of nitrogens with zero attached hydrogens (tertiary/aromatic N) is 1. The molecule has 5 heteroatoms. The number of ether oxygens (including phenoxy) is 1. The highest BCUT2D eigenvalue weighted by Crippen LogP contribution is 2.17. The van der Waals surface area contributed by atoms with Crippen LogP contribution in [0.2, 0.25) is 5.02 Å². The smallest absolute Gasteiger partial charge is 0.0961 e. The van der Waals surface area contributed by atoms with Crippen LogP contribution in [0.1, 0.15) is 19.8 Å². The fraction of sp³-hybridized carbons (Fsp3) is 0.615. The molecule has 0 radical (unpaired) electrons. The van der Waals surface area contributed by atoms with Crippen LogP contribution in [0.15, 0.2) is 23.4 Å². The average molecular weight is 287 g/mol. The number of pyridine rings is 1. The molecule has 2 rings (SSSR count). The molecule has 0 bridgehead atoms. The maximum Gasteiger partial charge on any atom is 0.0961 e. The van der Waals surface area contributed by atoms with Crippen molar-refractivity contribution in [3.63, 3.8) is 0 Å². The van der Waals surface area contributed by atoms with E-state index in [2.05, 4.69) is 17.2 Å². The Labute approximate surface area is 118 Å². The summed E-state index contributed by atoms with van der Waals surface area (Å²) >= 11 is 7.53. The molecule has 0 spiro atoms. The molecular formula is C13H19ClN2OS. The van der Waals surface area contributed by atoms with E-state index in [1.54, 1.807) is 18.0 Å². The van der Waals surface area contributed by atoms with Crippen LogP contribution in [0.5, 0.6) is 0 Å². The van der Waals surface area contributed by atoms with E-state index in [4.69, 9.17) is 16.3 Å². The summed E-state index contributed by atoms with van der Waals surface area (Å²) in [7, 11) is 0. The van der Waals surface area contributed by atoms with E-state index >= 15 is 0 Å². The highest BCUT2D eigenvalue weighted by molar-refractivity contribution is 7.99. The quantitative estimate of drug-likeness (QED) is 0.644. The summed E-state index contributed by atoms with van der Waals surface area (Å²) in [6, 6.07) is 4.27. The molecule has 1 saturated heterocycles. The van der Waals surface area contributed by atoms with Crippen LogP contribution in [0, 0.1) is 0 Å². The maximum absolute atomic E-state index is 5.79. The largest absolute Gasteiger partial charge is 0.377 e. The summed E-state index contributed by atoms with van der Waals surface area (Å²) in [6.45, 7) is 4.08. The SMILES string of the molecule is CC(NCCSc1ccc(Cl)cn1)C1CCCO1. The van der Waals surface area contributed by atoms with E-state index in [9.17, 15) is 0 Å². The van der Waals surface area contributed by atoms with Crippen molar-refractivity contribution in [3.8, 4) is 0 Å². The van der Waals surface area contributed by atoms with Crippen molar-refractivity contribution < 1.29 is 4.74 Å². The van der Waals surface area contributed by atoms with Crippen LogP contribution in [0.25, 0.3) is 0 Å². The second-order valence-corrected chi connectivity index (χ2v) is 6.01. The van der Waals surface area contributed by atoms with Gasteiger partial charge in [-0.1, -0.05) is 11.6 Å². The monoisotopic (exact) mass is 286 g/mol. The van der Waals surface area contributed by atoms with Gasteiger partial charge in [0.1, 0.15) is 0 Å². The second kappa shape index (κ2) is 7.34. The molecular weight excluding hydrogens is 268 g/mol. The summed E-state index contributed by atoms with van der Waals surface area (Å²) in [6.07, 6.45) is 4.45. The molecule has 1 N–H and O–H groups in total. The summed E-state index contributed by atoms with van der Waals surface area (Å²) in [5, 5.41) is 5.21. The van der Waals surface area contributed by atoms with Gasteiger partial charge in [0.15, 0.2) is 0 Å². The first-order chi connectivity index (χ1) is 8.75. The fourth-order valence-corrected chi connectivity index (χ4v) is 2.85. The summed E-state index contributed by atoms with van der Waals surface area (Å²) in [4.78, 5) is 4.25. The van der Waals surface area contributed by atoms with Gasteiger partial charge in [-0.15, -0.1) is 11.8 Å². The second-order valence-electron chi connectivity index (χ2n) is 4.46. The summed E-state index contributed by atoms with van der Waals surface area (Å²) < 4.78 is 5.65. The van der Waals surface area contributed by atoms with E-state index < -0.39 is 0 Å². The van der Waals surface area contributed by atoms with Gasteiger partial charge in [-0.3, -0.25) is 0 Å². The lowest BCUT2D eigenvalue weighted by molar-refractivity contribution is 0.0844. The van der Waals surface area contributed by atoms with Crippen molar-refractivity contribution in [1.82, 2.24) is 10.3 Å². The van der Waals surface area contributed by atoms with Gasteiger partial charge in [0, 0.05) is 31.1 Å².